The molecule has 0 unspecified atom stereocenters. The maximum atomic E-state index is 13.2. The van der Waals surface area contributed by atoms with E-state index in [0.717, 1.165) is 36.8 Å². The summed E-state index contributed by atoms with van der Waals surface area (Å²) in [4.78, 5) is 15.0. The summed E-state index contributed by atoms with van der Waals surface area (Å²) in [5.74, 6) is 0.482. The average molecular weight is 539 g/mol. The van der Waals surface area contributed by atoms with E-state index in [0.29, 0.717) is 17.0 Å². The van der Waals surface area contributed by atoms with Crippen LogP contribution in [0.25, 0.3) is 22.7 Å². The van der Waals surface area contributed by atoms with Gasteiger partial charge < -0.3 is 15.5 Å². The summed E-state index contributed by atoms with van der Waals surface area (Å²) in [5.41, 5.74) is 1.87. The number of halogens is 3. The Morgan fingerprint density at radius 2 is 1.85 bits per heavy atom. The zero-order valence-electron chi connectivity index (χ0n) is 22.2. The Kier molecular flexibility index (Phi) is 9.13. The average Bonchev–Trinajstić information content (AvgIpc) is 3.64. The predicted octanol–water partition coefficient (Wildman–Crippen LogP) is 6.02. The van der Waals surface area contributed by atoms with Gasteiger partial charge in [-0.05, 0) is 69.2 Å². The molecule has 5 heterocycles. The van der Waals surface area contributed by atoms with Gasteiger partial charge in [0.1, 0.15) is 16.9 Å². The molecule has 8 nitrogen and oxygen atoms in total. The maximum absolute atomic E-state index is 13.2. The van der Waals surface area contributed by atoms with E-state index in [1.54, 1.807) is 35.2 Å². The van der Waals surface area contributed by atoms with Crippen molar-refractivity contribution >= 4 is 22.7 Å². The molecular weight excluding hydrogens is 505 g/mol. The Hall–Kier alpha value is -3.99. The van der Waals surface area contributed by atoms with E-state index in [-0.39, 0.29) is 11.5 Å². The van der Waals surface area contributed by atoms with Crippen LogP contribution < -0.4 is 10.6 Å². The zero-order chi connectivity index (χ0) is 27.8. The van der Waals surface area contributed by atoms with Gasteiger partial charge in [0.25, 0.3) is 0 Å². The Labute approximate surface area is 226 Å². The highest BCUT2D eigenvalue weighted by Crippen LogP contribution is 2.30. The quantitative estimate of drug-likeness (QED) is 0.252. The first kappa shape index (κ1) is 28.0. The Balaban J connectivity index is 0.00000172. The highest BCUT2D eigenvalue weighted by molar-refractivity contribution is 5.81. The summed E-state index contributed by atoms with van der Waals surface area (Å²) in [6, 6.07) is 9.07. The topological polar surface area (TPSA) is 83.3 Å². The summed E-state index contributed by atoms with van der Waals surface area (Å²) < 4.78 is 41.2. The van der Waals surface area contributed by atoms with Crippen LogP contribution in [0.15, 0.2) is 61.6 Å². The lowest BCUT2D eigenvalue weighted by Crippen LogP contribution is -2.24. The second-order valence-corrected chi connectivity index (χ2v) is 8.88. The summed E-state index contributed by atoms with van der Waals surface area (Å²) in [5, 5.41) is 11.0. The van der Waals surface area contributed by atoms with Crippen molar-refractivity contribution in [1.82, 2.24) is 34.8 Å². The fraction of sp³-hybridized carbons (Fsp3) is 0.357. The molecule has 2 N–H and O–H groups in total. The molecule has 0 radical (unpaired) electrons. The van der Waals surface area contributed by atoms with Gasteiger partial charge in [-0.3, -0.25) is 4.98 Å². The molecule has 4 aromatic heterocycles. The second kappa shape index (κ2) is 12.7. The number of fused-ring (bicyclic) bond motifs is 1. The van der Waals surface area contributed by atoms with Crippen LogP contribution in [0.5, 0.6) is 0 Å². The zero-order valence-corrected chi connectivity index (χ0v) is 22.2. The van der Waals surface area contributed by atoms with E-state index in [2.05, 4.69) is 42.2 Å². The molecule has 1 fully saturated rings. The van der Waals surface area contributed by atoms with Crippen LogP contribution in [0.2, 0.25) is 0 Å². The number of pyridine rings is 2. The van der Waals surface area contributed by atoms with Crippen molar-refractivity contribution in [3.63, 3.8) is 0 Å². The first-order valence-electron chi connectivity index (χ1n) is 13.1. The summed E-state index contributed by atoms with van der Waals surface area (Å²) in [7, 11) is 0. The smallest absolute Gasteiger partial charge is 0.385 e. The van der Waals surface area contributed by atoms with Gasteiger partial charge in [0.15, 0.2) is 5.82 Å². The molecule has 1 saturated heterocycles. The van der Waals surface area contributed by atoms with Gasteiger partial charge in [0, 0.05) is 36.4 Å². The molecule has 0 spiro atoms. The van der Waals surface area contributed by atoms with Crippen LogP contribution in [0.3, 0.4) is 0 Å². The molecule has 0 aromatic carbocycles. The minimum Gasteiger partial charge on any atom is -0.385 e. The van der Waals surface area contributed by atoms with E-state index in [9.17, 15) is 13.2 Å². The maximum Gasteiger partial charge on any atom is 0.433 e. The first-order chi connectivity index (χ1) is 18.9. The number of alkyl halides is 3. The molecule has 39 heavy (non-hydrogen) atoms. The molecule has 0 bridgehead atoms. The van der Waals surface area contributed by atoms with Crippen molar-refractivity contribution in [2.24, 2.45) is 0 Å². The number of anilines is 2. The van der Waals surface area contributed by atoms with Crippen LogP contribution in [0.4, 0.5) is 24.7 Å². The third-order valence-electron chi connectivity index (χ3n) is 6.25. The minimum absolute atomic E-state index is 0.0208. The van der Waals surface area contributed by atoms with Crippen molar-refractivity contribution in [1.29, 1.82) is 0 Å². The summed E-state index contributed by atoms with van der Waals surface area (Å²) in [6.45, 7) is 12.4. The second-order valence-electron chi connectivity index (χ2n) is 8.88. The summed E-state index contributed by atoms with van der Waals surface area (Å²) >= 11 is 0. The minimum atomic E-state index is -4.57. The van der Waals surface area contributed by atoms with Crippen LogP contribution in [0, 0.1) is 0 Å². The molecule has 1 aliphatic heterocycles. The number of hydrogen-bond donors (Lipinski definition) is 2. The SMILES string of the molecule is C=C(NCCCN1CCCC1)c1cnccc1Nc1nc(-c2cccc(C(F)(F)F)n2)nn2cccc12.CC. The molecule has 1 aliphatic rings. The van der Waals surface area contributed by atoms with E-state index in [1.165, 1.54) is 38.1 Å². The van der Waals surface area contributed by atoms with Gasteiger partial charge in [-0.15, -0.1) is 5.10 Å². The van der Waals surface area contributed by atoms with Gasteiger partial charge in [-0.2, -0.15) is 13.2 Å². The normalized spacial score (nSPS) is 13.7. The van der Waals surface area contributed by atoms with Crippen molar-refractivity contribution in [2.75, 3.05) is 31.5 Å². The van der Waals surface area contributed by atoms with Crippen molar-refractivity contribution in [2.45, 2.75) is 39.3 Å². The van der Waals surface area contributed by atoms with Crippen LogP contribution >= 0.6 is 0 Å². The largest absolute Gasteiger partial charge is 0.433 e. The standard InChI is InChI=1S/C26H27F3N8.C2H6/c1-18(31-11-6-15-36-13-2-3-14-36)19-17-30-12-10-20(19)33-25-22-8-5-16-37(22)35-24(34-25)21-7-4-9-23(32-21)26(27,28)29;1-2/h4-5,7-10,12,16-17,31H,1-3,6,11,13-15H2,(H,30,33,34,35);1-2H3. The Morgan fingerprint density at radius 3 is 2.62 bits per heavy atom. The number of likely N-dealkylation sites (tertiary alicyclic amines) is 1. The lowest BCUT2D eigenvalue weighted by molar-refractivity contribution is -0.141. The van der Waals surface area contributed by atoms with E-state index < -0.39 is 11.9 Å². The molecule has 5 rings (SSSR count). The van der Waals surface area contributed by atoms with Gasteiger partial charge >= 0.3 is 6.18 Å². The van der Waals surface area contributed by atoms with E-state index in [1.807, 2.05) is 19.9 Å². The Morgan fingerprint density at radius 1 is 1.05 bits per heavy atom. The third-order valence-corrected chi connectivity index (χ3v) is 6.25. The summed E-state index contributed by atoms with van der Waals surface area (Å²) in [6.07, 6.45) is 4.05. The van der Waals surface area contributed by atoms with Gasteiger partial charge in [-0.25, -0.2) is 14.5 Å². The molecule has 0 atom stereocenters. The van der Waals surface area contributed by atoms with Crippen molar-refractivity contribution in [3.05, 3.63) is 72.8 Å². The monoisotopic (exact) mass is 538 g/mol. The number of nitrogens with one attached hydrogen (secondary N) is 2. The predicted molar refractivity (Wildman–Crippen MR) is 147 cm³/mol. The number of hydrogen-bond acceptors (Lipinski definition) is 7. The molecule has 0 amide bonds. The van der Waals surface area contributed by atoms with Gasteiger partial charge in [0.2, 0.25) is 5.82 Å². The molecule has 0 aliphatic carbocycles. The van der Waals surface area contributed by atoms with Crippen LogP contribution in [-0.4, -0.2) is 55.6 Å². The highest BCUT2D eigenvalue weighted by atomic mass is 19.4. The van der Waals surface area contributed by atoms with Gasteiger partial charge in [0.05, 0.1) is 5.69 Å². The van der Waals surface area contributed by atoms with Crippen LogP contribution in [-0.2, 0) is 6.18 Å². The molecule has 206 valence electrons. The number of rotatable bonds is 9. The molecular formula is C28H33F3N8. The number of aromatic nitrogens is 5. The van der Waals surface area contributed by atoms with Crippen molar-refractivity contribution < 1.29 is 13.2 Å². The fourth-order valence-corrected chi connectivity index (χ4v) is 4.37. The van der Waals surface area contributed by atoms with Crippen molar-refractivity contribution in [3.8, 4) is 11.5 Å². The highest BCUT2D eigenvalue weighted by Gasteiger charge is 2.32. The third kappa shape index (κ3) is 6.91. The van der Waals surface area contributed by atoms with E-state index in [4.69, 9.17) is 0 Å². The molecule has 0 saturated carbocycles. The van der Waals surface area contributed by atoms with Crippen LogP contribution in [0.1, 0.15) is 44.4 Å². The Bertz CT molecular complexity index is 1390. The molecule has 4 aromatic rings. The lowest BCUT2D eigenvalue weighted by Gasteiger charge is -2.17. The number of nitrogens with zero attached hydrogens (tertiary/aromatic N) is 6. The van der Waals surface area contributed by atoms with E-state index >= 15 is 0 Å². The first-order valence-corrected chi connectivity index (χ1v) is 13.1. The lowest BCUT2D eigenvalue weighted by atomic mass is 10.1. The fourth-order valence-electron chi connectivity index (χ4n) is 4.37. The molecule has 11 heteroatoms. The van der Waals surface area contributed by atoms with Gasteiger partial charge in [-0.1, -0.05) is 26.5 Å².